The molecule has 0 aliphatic heterocycles. The van der Waals surface area contributed by atoms with Gasteiger partial charge in [-0.3, -0.25) is 4.79 Å². The van der Waals surface area contributed by atoms with Gasteiger partial charge in [0.25, 0.3) is 0 Å². The van der Waals surface area contributed by atoms with E-state index in [-0.39, 0.29) is 5.78 Å². The highest BCUT2D eigenvalue weighted by Gasteiger charge is 2.07. The average molecular weight is 259 g/mol. The van der Waals surface area contributed by atoms with E-state index in [1.807, 2.05) is 69.6 Å². The molecule has 0 heterocycles. The lowest BCUT2D eigenvalue weighted by Gasteiger charge is -2.09. The standard InChI is InChI=1S/C15H21N3O/c1-17(2)12-13(11-16-18(3)4)10-15(19)14-8-6-5-7-9-14/h5-9,11-12H,10H2,1-4H3/b13-12-,16-11+. The normalized spacial score (nSPS) is 11.7. The van der Waals surface area contributed by atoms with Gasteiger partial charge < -0.3 is 9.91 Å². The zero-order valence-electron chi connectivity index (χ0n) is 12.0. The maximum absolute atomic E-state index is 12.1. The number of hydrazone groups is 1. The van der Waals surface area contributed by atoms with Crippen molar-refractivity contribution in [3.8, 4) is 0 Å². The summed E-state index contributed by atoms with van der Waals surface area (Å²) in [5, 5.41) is 5.89. The van der Waals surface area contributed by atoms with Gasteiger partial charge >= 0.3 is 0 Å². The van der Waals surface area contributed by atoms with E-state index in [4.69, 9.17) is 0 Å². The number of hydrogen-bond acceptors (Lipinski definition) is 4. The monoisotopic (exact) mass is 259 g/mol. The first-order chi connectivity index (χ1) is 8.99. The fourth-order valence-corrected chi connectivity index (χ4v) is 1.56. The molecule has 0 radical (unpaired) electrons. The van der Waals surface area contributed by atoms with Crippen molar-refractivity contribution in [3.05, 3.63) is 47.7 Å². The molecule has 1 aromatic carbocycles. The second-order valence-electron chi connectivity index (χ2n) is 4.73. The molecule has 0 bridgehead atoms. The predicted octanol–water partition coefficient (Wildman–Crippen LogP) is 2.25. The Kier molecular flexibility index (Phi) is 5.79. The first-order valence-electron chi connectivity index (χ1n) is 6.15. The third kappa shape index (κ3) is 5.86. The molecule has 0 aliphatic rings. The van der Waals surface area contributed by atoms with Gasteiger partial charge in [-0.05, 0) is 5.57 Å². The summed E-state index contributed by atoms with van der Waals surface area (Å²) in [5.41, 5.74) is 1.61. The van der Waals surface area contributed by atoms with Crippen molar-refractivity contribution in [1.82, 2.24) is 9.91 Å². The van der Waals surface area contributed by atoms with Crippen molar-refractivity contribution in [3.63, 3.8) is 0 Å². The van der Waals surface area contributed by atoms with Crippen LogP contribution in [0.1, 0.15) is 16.8 Å². The van der Waals surface area contributed by atoms with Gasteiger partial charge in [-0.1, -0.05) is 30.3 Å². The van der Waals surface area contributed by atoms with E-state index >= 15 is 0 Å². The Hall–Kier alpha value is -2.10. The lowest BCUT2D eigenvalue weighted by Crippen LogP contribution is -2.09. The van der Waals surface area contributed by atoms with E-state index < -0.39 is 0 Å². The van der Waals surface area contributed by atoms with Crippen LogP contribution < -0.4 is 0 Å². The van der Waals surface area contributed by atoms with Crippen LogP contribution in [0.15, 0.2) is 47.2 Å². The molecule has 0 N–H and O–H groups in total. The molecule has 0 spiro atoms. The largest absolute Gasteiger partial charge is 0.383 e. The molecule has 0 aromatic heterocycles. The van der Waals surface area contributed by atoms with Crippen LogP contribution in [0.3, 0.4) is 0 Å². The van der Waals surface area contributed by atoms with Gasteiger partial charge in [-0.2, -0.15) is 5.10 Å². The number of nitrogens with zero attached hydrogens (tertiary/aromatic N) is 3. The van der Waals surface area contributed by atoms with Crippen LogP contribution in [0.4, 0.5) is 0 Å². The van der Waals surface area contributed by atoms with Gasteiger partial charge in [0.1, 0.15) is 0 Å². The minimum atomic E-state index is 0.0962. The van der Waals surface area contributed by atoms with E-state index in [9.17, 15) is 4.79 Å². The van der Waals surface area contributed by atoms with E-state index in [1.165, 1.54) is 0 Å². The van der Waals surface area contributed by atoms with Crippen LogP contribution in [0.5, 0.6) is 0 Å². The highest BCUT2D eigenvalue weighted by Crippen LogP contribution is 2.09. The quantitative estimate of drug-likeness (QED) is 0.446. The van der Waals surface area contributed by atoms with Crippen molar-refractivity contribution >= 4 is 12.0 Å². The molecule has 0 saturated carbocycles. The molecule has 0 atom stereocenters. The van der Waals surface area contributed by atoms with Crippen molar-refractivity contribution in [2.75, 3.05) is 28.2 Å². The third-order valence-electron chi connectivity index (χ3n) is 2.34. The summed E-state index contributed by atoms with van der Waals surface area (Å²) in [4.78, 5) is 14.1. The van der Waals surface area contributed by atoms with Crippen molar-refractivity contribution < 1.29 is 4.79 Å². The molecule has 4 nitrogen and oxygen atoms in total. The molecule has 102 valence electrons. The van der Waals surface area contributed by atoms with Crippen molar-refractivity contribution in [2.45, 2.75) is 6.42 Å². The van der Waals surface area contributed by atoms with Crippen molar-refractivity contribution in [2.24, 2.45) is 5.10 Å². The second kappa shape index (κ2) is 7.36. The van der Waals surface area contributed by atoms with Gasteiger partial charge in [-0.25, -0.2) is 0 Å². The Morgan fingerprint density at radius 2 is 1.79 bits per heavy atom. The van der Waals surface area contributed by atoms with E-state index in [0.717, 1.165) is 11.1 Å². The molecule has 0 saturated heterocycles. The number of carbonyl (C=O) groups excluding carboxylic acids is 1. The van der Waals surface area contributed by atoms with Crippen molar-refractivity contribution in [1.29, 1.82) is 0 Å². The van der Waals surface area contributed by atoms with Crippen LogP contribution in [-0.4, -0.2) is 50.1 Å². The minimum absolute atomic E-state index is 0.0962. The lowest BCUT2D eigenvalue weighted by atomic mass is 10.0. The number of allylic oxidation sites excluding steroid dienone is 1. The molecule has 0 unspecified atom stereocenters. The van der Waals surface area contributed by atoms with Crippen LogP contribution in [0.2, 0.25) is 0 Å². The SMILES string of the molecule is CN(C)/C=C(\C=N\N(C)C)CC(=O)c1ccccc1. The summed E-state index contributed by atoms with van der Waals surface area (Å²) >= 11 is 0. The highest BCUT2D eigenvalue weighted by atomic mass is 16.1. The number of carbonyl (C=O) groups is 1. The predicted molar refractivity (Wildman–Crippen MR) is 79.3 cm³/mol. The Labute approximate surface area is 115 Å². The van der Waals surface area contributed by atoms with E-state index in [0.29, 0.717) is 6.42 Å². The summed E-state index contributed by atoms with van der Waals surface area (Å²) in [7, 11) is 7.55. The van der Waals surface area contributed by atoms with Gasteiger partial charge in [-0.15, -0.1) is 0 Å². The topological polar surface area (TPSA) is 35.9 Å². The summed E-state index contributed by atoms with van der Waals surface area (Å²) < 4.78 is 0. The number of hydrogen-bond donors (Lipinski definition) is 0. The number of Topliss-reactive ketones (excluding diaryl/α,β-unsaturated/α-hetero) is 1. The van der Waals surface area contributed by atoms with Crippen LogP contribution in [0, 0.1) is 0 Å². The summed E-state index contributed by atoms with van der Waals surface area (Å²) in [6.07, 6.45) is 3.98. The maximum atomic E-state index is 12.1. The highest BCUT2D eigenvalue weighted by molar-refractivity contribution is 6.01. The molecule has 1 aromatic rings. The van der Waals surface area contributed by atoms with E-state index in [2.05, 4.69) is 5.10 Å². The van der Waals surface area contributed by atoms with E-state index in [1.54, 1.807) is 11.2 Å². The Balaban J connectivity index is 2.81. The van der Waals surface area contributed by atoms with Gasteiger partial charge in [0.05, 0.1) is 6.21 Å². The Morgan fingerprint density at radius 1 is 1.16 bits per heavy atom. The molecular formula is C15H21N3O. The Morgan fingerprint density at radius 3 is 2.32 bits per heavy atom. The molecule has 4 heteroatoms. The van der Waals surface area contributed by atoms with Crippen LogP contribution in [0.25, 0.3) is 0 Å². The zero-order chi connectivity index (χ0) is 14.3. The molecule has 0 amide bonds. The zero-order valence-corrected chi connectivity index (χ0v) is 12.0. The maximum Gasteiger partial charge on any atom is 0.167 e. The first kappa shape index (κ1) is 15.0. The van der Waals surface area contributed by atoms with Crippen LogP contribution in [-0.2, 0) is 0 Å². The molecule has 0 aliphatic carbocycles. The Bertz CT molecular complexity index is 462. The molecule has 1 rings (SSSR count). The van der Waals surface area contributed by atoms with Gasteiger partial charge in [0, 0.05) is 46.4 Å². The first-order valence-corrected chi connectivity index (χ1v) is 6.15. The van der Waals surface area contributed by atoms with Crippen LogP contribution >= 0.6 is 0 Å². The second-order valence-corrected chi connectivity index (χ2v) is 4.73. The number of rotatable bonds is 6. The van der Waals surface area contributed by atoms with Gasteiger partial charge in [0.15, 0.2) is 5.78 Å². The average Bonchev–Trinajstić information content (AvgIpc) is 2.36. The summed E-state index contributed by atoms with van der Waals surface area (Å²) in [6.45, 7) is 0. The third-order valence-corrected chi connectivity index (χ3v) is 2.34. The lowest BCUT2D eigenvalue weighted by molar-refractivity contribution is 0.0994. The fraction of sp³-hybridized carbons (Fsp3) is 0.333. The molecule has 0 fully saturated rings. The summed E-state index contributed by atoms with van der Waals surface area (Å²) in [6, 6.07) is 9.31. The minimum Gasteiger partial charge on any atom is -0.383 e. The fourth-order valence-electron chi connectivity index (χ4n) is 1.56. The number of ketones is 1. The molecular weight excluding hydrogens is 238 g/mol. The smallest absolute Gasteiger partial charge is 0.167 e. The number of benzene rings is 1. The van der Waals surface area contributed by atoms with Gasteiger partial charge in [0.2, 0.25) is 0 Å². The summed E-state index contributed by atoms with van der Waals surface area (Å²) in [5.74, 6) is 0.0962. The molecule has 19 heavy (non-hydrogen) atoms.